The molecule has 204 valence electrons. The smallest absolute Gasteiger partial charge is 0.410 e. The zero-order chi connectivity index (χ0) is 27.5. The number of carbonyl (C=O) groups excluding carboxylic acids is 1. The van der Waals surface area contributed by atoms with E-state index in [-0.39, 0.29) is 17.6 Å². The van der Waals surface area contributed by atoms with Gasteiger partial charge in [0.1, 0.15) is 28.7 Å². The van der Waals surface area contributed by atoms with Gasteiger partial charge in [-0.05, 0) is 82.3 Å². The maximum absolute atomic E-state index is 12.6. The van der Waals surface area contributed by atoms with Crippen molar-refractivity contribution >= 4 is 11.9 Å². The number of ether oxygens (including phenoxy) is 1. The number of aryl methyl sites for hydroxylation is 1. The molecule has 3 fully saturated rings. The van der Waals surface area contributed by atoms with Gasteiger partial charge in [-0.15, -0.1) is 0 Å². The van der Waals surface area contributed by atoms with Crippen molar-refractivity contribution in [1.29, 1.82) is 5.26 Å². The number of amides is 1. The Hall–Kier alpha value is -3.80. The molecule has 0 atom stereocenters. The fourth-order valence-corrected chi connectivity index (χ4v) is 6.27. The van der Waals surface area contributed by atoms with Crippen LogP contribution in [0, 0.1) is 23.7 Å². The van der Waals surface area contributed by atoms with Gasteiger partial charge in [0, 0.05) is 24.8 Å². The first-order chi connectivity index (χ1) is 18.5. The van der Waals surface area contributed by atoms with Crippen molar-refractivity contribution in [2.45, 2.75) is 83.9 Å². The van der Waals surface area contributed by atoms with Crippen LogP contribution in [0.15, 0.2) is 30.5 Å². The summed E-state index contributed by atoms with van der Waals surface area (Å²) in [6, 6.07) is 11.1. The Morgan fingerprint density at radius 1 is 1.26 bits per heavy atom. The Morgan fingerprint density at radius 3 is 2.72 bits per heavy atom. The Labute approximate surface area is 229 Å². The molecular formula is C30H37N7O2. The van der Waals surface area contributed by atoms with Gasteiger partial charge in [-0.25, -0.2) is 9.48 Å². The molecule has 1 amide bonds. The molecule has 0 bridgehead atoms. The summed E-state index contributed by atoms with van der Waals surface area (Å²) in [5.74, 6) is 1.11. The molecule has 9 nitrogen and oxygen atoms in total. The summed E-state index contributed by atoms with van der Waals surface area (Å²) in [4.78, 5) is 14.4. The summed E-state index contributed by atoms with van der Waals surface area (Å²) in [6.45, 7) is 9.67. The van der Waals surface area contributed by atoms with E-state index in [1.807, 2.05) is 48.2 Å². The highest BCUT2D eigenvalue weighted by atomic mass is 16.6. The van der Waals surface area contributed by atoms with Gasteiger partial charge < -0.3 is 15.4 Å². The third kappa shape index (κ3) is 4.88. The molecule has 39 heavy (non-hydrogen) atoms. The minimum absolute atomic E-state index is 0.0583. The van der Waals surface area contributed by atoms with Crippen LogP contribution >= 0.6 is 0 Å². The first-order valence-corrected chi connectivity index (χ1v) is 13.9. The minimum atomic E-state index is -0.505. The second-order valence-corrected chi connectivity index (χ2v) is 12.7. The van der Waals surface area contributed by atoms with Crippen LogP contribution in [0.4, 0.5) is 10.6 Å². The number of nitrogen functional groups attached to an aromatic ring is 1. The van der Waals surface area contributed by atoms with Gasteiger partial charge in [0.15, 0.2) is 0 Å². The molecule has 3 aliphatic rings. The maximum atomic E-state index is 12.6. The summed E-state index contributed by atoms with van der Waals surface area (Å²) >= 11 is 0. The van der Waals surface area contributed by atoms with Gasteiger partial charge in [-0.2, -0.15) is 15.5 Å². The number of likely N-dealkylation sites (tertiary alicyclic amines) is 1. The number of rotatable bonds is 5. The average Bonchev–Trinajstić information content (AvgIpc) is 3.38. The predicted molar refractivity (Wildman–Crippen MR) is 148 cm³/mol. The third-order valence-electron chi connectivity index (χ3n) is 8.38. The molecule has 2 N–H and O–H groups in total. The lowest BCUT2D eigenvalue weighted by Gasteiger charge is -2.45. The van der Waals surface area contributed by atoms with E-state index in [9.17, 15) is 10.1 Å². The predicted octanol–water partition coefficient (Wildman–Crippen LogP) is 5.40. The molecule has 1 aromatic carbocycles. The van der Waals surface area contributed by atoms with Crippen molar-refractivity contribution in [3.8, 4) is 17.3 Å². The van der Waals surface area contributed by atoms with E-state index in [1.165, 1.54) is 24.0 Å². The quantitative estimate of drug-likeness (QED) is 0.475. The Morgan fingerprint density at radius 2 is 2.03 bits per heavy atom. The van der Waals surface area contributed by atoms with E-state index in [2.05, 4.69) is 30.3 Å². The molecule has 1 spiro atoms. The van der Waals surface area contributed by atoms with Crippen LogP contribution in [0.3, 0.4) is 0 Å². The van der Waals surface area contributed by atoms with Crippen molar-refractivity contribution in [3.63, 3.8) is 0 Å². The van der Waals surface area contributed by atoms with Crippen LogP contribution in [0.25, 0.3) is 11.3 Å². The molecule has 2 aliphatic carbocycles. The molecule has 0 unspecified atom stereocenters. The molecule has 2 aromatic heterocycles. The molecule has 0 radical (unpaired) electrons. The number of nitrogens with two attached hydrogens (primary N) is 1. The van der Waals surface area contributed by atoms with Crippen molar-refractivity contribution in [2.24, 2.45) is 5.41 Å². The van der Waals surface area contributed by atoms with Crippen LogP contribution in [0.5, 0.6) is 0 Å². The Bertz CT molecular complexity index is 1460. The van der Waals surface area contributed by atoms with Crippen molar-refractivity contribution in [3.05, 3.63) is 52.8 Å². The number of aromatic nitrogens is 4. The van der Waals surface area contributed by atoms with Gasteiger partial charge >= 0.3 is 6.09 Å². The third-order valence-corrected chi connectivity index (χ3v) is 8.38. The molecule has 2 saturated carbocycles. The second kappa shape index (κ2) is 9.15. The van der Waals surface area contributed by atoms with Gasteiger partial charge in [0.2, 0.25) is 0 Å². The van der Waals surface area contributed by atoms with Gasteiger partial charge in [-0.1, -0.05) is 24.3 Å². The Balaban J connectivity index is 1.18. The number of hydrogen-bond donors (Lipinski definition) is 1. The molecular weight excluding hydrogens is 490 g/mol. The van der Waals surface area contributed by atoms with Crippen molar-refractivity contribution in [2.75, 3.05) is 18.8 Å². The SMILES string of the molecule is Cc1nn(Cc2cccc(C3CC3)c2)cc1-c1nn([C@H]2C[C@@]3(CCN(C(=O)OC(C)(C)C)C3)C2)c(N)c1C#N. The highest BCUT2D eigenvalue weighted by Crippen LogP contribution is 2.55. The lowest BCUT2D eigenvalue weighted by atomic mass is 9.65. The fourth-order valence-electron chi connectivity index (χ4n) is 6.27. The first kappa shape index (κ1) is 25.5. The van der Waals surface area contributed by atoms with Gasteiger partial charge in [0.05, 0.1) is 18.3 Å². The highest BCUT2D eigenvalue weighted by molar-refractivity contribution is 5.74. The number of benzene rings is 1. The maximum Gasteiger partial charge on any atom is 0.410 e. The van der Waals surface area contributed by atoms with Crippen molar-refractivity contribution in [1.82, 2.24) is 24.5 Å². The van der Waals surface area contributed by atoms with Crippen LogP contribution in [0.2, 0.25) is 0 Å². The number of hydrogen-bond acceptors (Lipinski definition) is 6. The zero-order valence-electron chi connectivity index (χ0n) is 23.3. The lowest BCUT2D eigenvalue weighted by Crippen LogP contribution is -2.43. The molecule has 3 heterocycles. The Kier molecular flexibility index (Phi) is 5.97. The number of nitriles is 1. The molecule has 9 heteroatoms. The number of nitrogens with zero attached hydrogens (tertiary/aromatic N) is 6. The fraction of sp³-hybridized carbons (Fsp3) is 0.533. The summed E-state index contributed by atoms with van der Waals surface area (Å²) in [5, 5.41) is 19.6. The highest BCUT2D eigenvalue weighted by Gasteiger charge is 2.51. The monoisotopic (exact) mass is 527 g/mol. The zero-order valence-corrected chi connectivity index (χ0v) is 23.3. The van der Waals surface area contributed by atoms with E-state index in [0.717, 1.165) is 30.5 Å². The average molecular weight is 528 g/mol. The summed E-state index contributed by atoms with van der Waals surface area (Å²) < 4.78 is 9.32. The number of carbonyl (C=O) groups is 1. The standard InChI is InChI=1S/C30H37N7O2/c1-19-25(17-36(33-19)16-20-6-5-7-22(12-20)21-8-9-21)26-24(15-31)27(32)37(34-26)23-13-30(14-23)10-11-35(18-30)28(38)39-29(2,3)4/h5-7,12,17,21,23H,8-11,13-14,16,18,32H2,1-4H3/t23-,30-. The largest absolute Gasteiger partial charge is 0.444 e. The van der Waals surface area contributed by atoms with E-state index in [4.69, 9.17) is 20.7 Å². The normalized spacial score (nSPS) is 22.6. The molecule has 1 saturated heterocycles. The van der Waals surface area contributed by atoms with Crippen LogP contribution < -0.4 is 5.73 Å². The first-order valence-electron chi connectivity index (χ1n) is 13.9. The summed E-state index contributed by atoms with van der Waals surface area (Å²) in [5.41, 5.74) is 11.3. The lowest BCUT2D eigenvalue weighted by molar-refractivity contribution is 0.0188. The van der Waals surface area contributed by atoms with E-state index < -0.39 is 5.60 Å². The van der Waals surface area contributed by atoms with Crippen LogP contribution in [-0.2, 0) is 11.3 Å². The summed E-state index contributed by atoms with van der Waals surface area (Å²) in [7, 11) is 0. The molecule has 3 aromatic rings. The molecule has 6 rings (SSSR count). The van der Waals surface area contributed by atoms with E-state index >= 15 is 0 Å². The van der Waals surface area contributed by atoms with Crippen LogP contribution in [0.1, 0.15) is 87.2 Å². The topological polar surface area (TPSA) is 115 Å². The minimum Gasteiger partial charge on any atom is -0.444 e. The van der Waals surface area contributed by atoms with Crippen LogP contribution in [-0.4, -0.2) is 49.2 Å². The second-order valence-electron chi connectivity index (χ2n) is 12.7. The van der Waals surface area contributed by atoms with E-state index in [0.29, 0.717) is 42.6 Å². The van der Waals surface area contributed by atoms with Crippen molar-refractivity contribution < 1.29 is 9.53 Å². The molecule has 1 aliphatic heterocycles. The summed E-state index contributed by atoms with van der Waals surface area (Å²) in [6.07, 6.45) is 6.97. The van der Waals surface area contributed by atoms with Gasteiger partial charge in [0.25, 0.3) is 0 Å². The van der Waals surface area contributed by atoms with Gasteiger partial charge in [-0.3, -0.25) is 4.68 Å². The van der Waals surface area contributed by atoms with E-state index in [1.54, 1.807) is 0 Å². The number of anilines is 1.